The number of benzene rings is 1. The van der Waals surface area contributed by atoms with Crippen molar-refractivity contribution in [1.29, 1.82) is 0 Å². The number of carbonyl (C=O) groups is 1. The Labute approximate surface area is 146 Å². The molecule has 1 aromatic carbocycles. The highest BCUT2D eigenvalue weighted by Gasteiger charge is 2.06. The fourth-order valence-electron chi connectivity index (χ4n) is 2.31. The third-order valence-electron chi connectivity index (χ3n) is 3.64. The molecule has 1 N–H and O–H groups in total. The maximum absolute atomic E-state index is 12.1. The Morgan fingerprint density at radius 2 is 2.04 bits per heavy atom. The Bertz CT molecular complexity index is 771. The fourth-order valence-corrected chi connectivity index (χ4v) is 2.31. The summed E-state index contributed by atoms with van der Waals surface area (Å²) in [6, 6.07) is 13.6. The second-order valence-electron chi connectivity index (χ2n) is 5.52. The van der Waals surface area contributed by atoms with E-state index in [1.54, 1.807) is 41.6 Å². The van der Waals surface area contributed by atoms with E-state index in [9.17, 15) is 4.79 Å². The summed E-state index contributed by atoms with van der Waals surface area (Å²) in [6.45, 7) is 1.76. The van der Waals surface area contributed by atoms with E-state index < -0.39 is 0 Å². The molecule has 3 rings (SSSR count). The molecule has 0 saturated carbocycles. The van der Waals surface area contributed by atoms with Gasteiger partial charge in [0.15, 0.2) is 0 Å². The Kier molecular flexibility index (Phi) is 5.90. The first-order valence-electron chi connectivity index (χ1n) is 8.17. The highest BCUT2D eigenvalue weighted by atomic mass is 16.5. The Morgan fingerprint density at radius 1 is 1.16 bits per heavy atom. The molecule has 25 heavy (non-hydrogen) atoms. The summed E-state index contributed by atoms with van der Waals surface area (Å²) in [4.78, 5) is 20.3. The van der Waals surface area contributed by atoms with Crippen molar-refractivity contribution in [2.75, 3.05) is 13.2 Å². The van der Waals surface area contributed by atoms with Crippen molar-refractivity contribution in [3.8, 4) is 5.82 Å². The molecule has 0 bridgehead atoms. The third kappa shape index (κ3) is 4.99. The number of carbonyl (C=O) groups excluding carboxylic acids is 1. The number of nitrogens with one attached hydrogen (secondary N) is 1. The Balaban J connectivity index is 1.36. The highest BCUT2D eigenvalue weighted by molar-refractivity contribution is 5.93. The maximum atomic E-state index is 12.1. The minimum absolute atomic E-state index is 0.132. The molecule has 128 valence electrons. The molecule has 0 atom stereocenters. The van der Waals surface area contributed by atoms with Crippen LogP contribution in [-0.2, 0) is 11.3 Å². The monoisotopic (exact) mass is 336 g/mol. The lowest BCUT2D eigenvalue weighted by Crippen LogP contribution is -2.25. The number of imidazole rings is 1. The molecule has 3 aromatic rings. The zero-order chi connectivity index (χ0) is 17.3. The molecule has 0 saturated heterocycles. The Hall–Kier alpha value is -2.99. The second-order valence-corrected chi connectivity index (χ2v) is 5.52. The molecule has 1 amide bonds. The number of aromatic nitrogens is 3. The van der Waals surface area contributed by atoms with Gasteiger partial charge in [0.1, 0.15) is 12.1 Å². The van der Waals surface area contributed by atoms with Crippen LogP contribution >= 0.6 is 0 Å². The predicted molar refractivity (Wildman–Crippen MR) is 94.4 cm³/mol. The first kappa shape index (κ1) is 16.9. The molecule has 6 nitrogen and oxygen atoms in total. The number of hydrogen-bond donors (Lipinski definition) is 1. The van der Waals surface area contributed by atoms with Gasteiger partial charge in [0, 0.05) is 31.7 Å². The number of hydrogen-bond acceptors (Lipinski definition) is 4. The lowest BCUT2D eigenvalue weighted by molar-refractivity contribution is 0.0934. The summed E-state index contributed by atoms with van der Waals surface area (Å²) in [7, 11) is 0. The molecule has 2 heterocycles. The van der Waals surface area contributed by atoms with E-state index in [4.69, 9.17) is 4.74 Å². The summed E-state index contributed by atoms with van der Waals surface area (Å²) in [5.41, 5.74) is 1.68. The summed E-state index contributed by atoms with van der Waals surface area (Å²) in [6.07, 6.45) is 7.48. The van der Waals surface area contributed by atoms with Crippen molar-refractivity contribution in [2.45, 2.75) is 13.0 Å². The summed E-state index contributed by atoms with van der Waals surface area (Å²) < 4.78 is 7.38. The van der Waals surface area contributed by atoms with Crippen molar-refractivity contribution in [1.82, 2.24) is 19.9 Å². The van der Waals surface area contributed by atoms with Gasteiger partial charge in [0.05, 0.1) is 12.2 Å². The number of amides is 1. The normalized spacial score (nSPS) is 10.6. The van der Waals surface area contributed by atoms with Crippen LogP contribution in [0, 0.1) is 0 Å². The van der Waals surface area contributed by atoms with Gasteiger partial charge in [-0.15, -0.1) is 0 Å². The van der Waals surface area contributed by atoms with Crippen molar-refractivity contribution in [3.63, 3.8) is 0 Å². The number of nitrogens with zero attached hydrogens (tertiary/aromatic N) is 3. The molecular formula is C19H20N4O2. The quantitative estimate of drug-likeness (QED) is 0.642. The van der Waals surface area contributed by atoms with Crippen LogP contribution < -0.4 is 5.32 Å². The molecular weight excluding hydrogens is 316 g/mol. The first-order chi connectivity index (χ1) is 12.3. The molecule has 0 aliphatic carbocycles. The van der Waals surface area contributed by atoms with E-state index in [1.807, 2.05) is 30.3 Å². The van der Waals surface area contributed by atoms with Gasteiger partial charge in [0.2, 0.25) is 0 Å². The minimum atomic E-state index is -0.132. The highest BCUT2D eigenvalue weighted by Crippen LogP contribution is 2.05. The van der Waals surface area contributed by atoms with E-state index in [1.165, 1.54) is 0 Å². The lowest BCUT2D eigenvalue weighted by atomic mass is 10.2. The van der Waals surface area contributed by atoms with E-state index in [2.05, 4.69) is 15.3 Å². The van der Waals surface area contributed by atoms with Crippen LogP contribution in [0.25, 0.3) is 5.82 Å². The third-order valence-corrected chi connectivity index (χ3v) is 3.64. The van der Waals surface area contributed by atoms with Crippen molar-refractivity contribution in [3.05, 3.63) is 78.5 Å². The Morgan fingerprint density at radius 3 is 2.76 bits per heavy atom. The van der Waals surface area contributed by atoms with Crippen molar-refractivity contribution >= 4 is 5.91 Å². The van der Waals surface area contributed by atoms with Gasteiger partial charge in [0.25, 0.3) is 5.91 Å². The zero-order valence-corrected chi connectivity index (χ0v) is 13.8. The predicted octanol–water partition coefficient (Wildman–Crippen LogP) is 2.60. The molecule has 0 unspecified atom stereocenters. The van der Waals surface area contributed by atoms with Crippen molar-refractivity contribution in [2.24, 2.45) is 0 Å². The van der Waals surface area contributed by atoms with Crippen LogP contribution in [0.2, 0.25) is 0 Å². The largest absolute Gasteiger partial charge is 0.377 e. The molecule has 0 spiro atoms. The molecule has 0 aliphatic heterocycles. The molecule has 6 heteroatoms. The van der Waals surface area contributed by atoms with Crippen LogP contribution in [0.5, 0.6) is 0 Å². The van der Waals surface area contributed by atoms with Crippen LogP contribution in [0.4, 0.5) is 0 Å². The summed E-state index contributed by atoms with van der Waals surface area (Å²) >= 11 is 0. The van der Waals surface area contributed by atoms with Crippen LogP contribution in [0.1, 0.15) is 22.3 Å². The standard InChI is InChI=1S/C19H20N4O2/c24-19(17-7-8-18(22-13-17)23-11-10-20-15-23)21-9-4-12-25-14-16-5-2-1-3-6-16/h1-3,5-8,10-11,13,15H,4,9,12,14H2,(H,21,24). The van der Waals surface area contributed by atoms with Crippen molar-refractivity contribution < 1.29 is 9.53 Å². The maximum Gasteiger partial charge on any atom is 0.252 e. The fraction of sp³-hybridized carbons (Fsp3) is 0.211. The second kappa shape index (κ2) is 8.75. The van der Waals surface area contributed by atoms with E-state index in [0.29, 0.717) is 25.3 Å². The lowest BCUT2D eigenvalue weighted by Gasteiger charge is -2.07. The van der Waals surface area contributed by atoms with Gasteiger partial charge in [-0.25, -0.2) is 9.97 Å². The van der Waals surface area contributed by atoms with Crippen LogP contribution in [0.3, 0.4) is 0 Å². The average molecular weight is 336 g/mol. The SMILES string of the molecule is O=C(NCCCOCc1ccccc1)c1ccc(-n2ccnc2)nc1. The average Bonchev–Trinajstić information content (AvgIpc) is 3.20. The van der Waals surface area contributed by atoms with Gasteiger partial charge in [-0.1, -0.05) is 30.3 Å². The molecule has 0 fully saturated rings. The number of rotatable bonds is 8. The first-order valence-corrected chi connectivity index (χ1v) is 8.17. The van der Waals surface area contributed by atoms with Gasteiger partial charge in [-0.05, 0) is 24.1 Å². The number of pyridine rings is 1. The smallest absolute Gasteiger partial charge is 0.252 e. The molecule has 0 radical (unpaired) electrons. The van der Waals surface area contributed by atoms with E-state index in [0.717, 1.165) is 17.8 Å². The van der Waals surface area contributed by atoms with Gasteiger partial charge >= 0.3 is 0 Å². The summed E-state index contributed by atoms with van der Waals surface area (Å²) in [5, 5.41) is 2.87. The van der Waals surface area contributed by atoms with E-state index in [-0.39, 0.29) is 5.91 Å². The van der Waals surface area contributed by atoms with E-state index >= 15 is 0 Å². The van der Waals surface area contributed by atoms with Gasteiger partial charge < -0.3 is 10.1 Å². The molecule has 0 aliphatic rings. The zero-order valence-electron chi connectivity index (χ0n) is 13.8. The molecule has 2 aromatic heterocycles. The van der Waals surface area contributed by atoms with Gasteiger partial charge in [-0.2, -0.15) is 0 Å². The minimum Gasteiger partial charge on any atom is -0.377 e. The van der Waals surface area contributed by atoms with Crippen LogP contribution in [-0.4, -0.2) is 33.6 Å². The van der Waals surface area contributed by atoms with Gasteiger partial charge in [-0.3, -0.25) is 9.36 Å². The topological polar surface area (TPSA) is 69.0 Å². The van der Waals surface area contributed by atoms with Crippen LogP contribution in [0.15, 0.2) is 67.4 Å². The number of ether oxygens (including phenoxy) is 1. The summed E-state index contributed by atoms with van der Waals surface area (Å²) in [5.74, 6) is 0.594.